The summed E-state index contributed by atoms with van der Waals surface area (Å²) in [4.78, 5) is 0. The summed E-state index contributed by atoms with van der Waals surface area (Å²) in [6.07, 6.45) is 15.6. The minimum absolute atomic E-state index is 0.00783. The van der Waals surface area contributed by atoms with Crippen LogP contribution in [0.5, 0.6) is 0 Å². The summed E-state index contributed by atoms with van der Waals surface area (Å²) < 4.78 is 27.2. The maximum absolute atomic E-state index is 13.8. The Bertz CT molecular complexity index is 549. The summed E-state index contributed by atoms with van der Waals surface area (Å²) in [6.45, 7) is 3.86. The zero-order valence-corrected chi connectivity index (χ0v) is 14.7. The molecule has 0 atom stereocenters. The first kappa shape index (κ1) is 17.6. The van der Waals surface area contributed by atoms with Gasteiger partial charge in [-0.25, -0.2) is 8.78 Å². The van der Waals surface area contributed by atoms with Crippen molar-refractivity contribution >= 4 is 0 Å². The fourth-order valence-corrected chi connectivity index (χ4v) is 5.16. The van der Waals surface area contributed by atoms with Crippen molar-refractivity contribution in [3.63, 3.8) is 0 Å². The molecule has 0 amide bonds. The van der Waals surface area contributed by atoms with E-state index in [9.17, 15) is 8.78 Å². The highest BCUT2D eigenvalue weighted by atomic mass is 19.2. The number of halogens is 2. The second-order valence-electron chi connectivity index (χ2n) is 7.97. The first-order valence-electron chi connectivity index (χ1n) is 9.71. The van der Waals surface area contributed by atoms with Gasteiger partial charge in [0.05, 0.1) is 0 Å². The third-order valence-corrected chi connectivity index (χ3v) is 6.66. The molecule has 0 heterocycles. The van der Waals surface area contributed by atoms with Crippen LogP contribution in [0.1, 0.15) is 76.2 Å². The zero-order valence-electron chi connectivity index (χ0n) is 14.7. The summed E-state index contributed by atoms with van der Waals surface area (Å²) in [7, 11) is 0. The third kappa shape index (κ3) is 3.73. The highest BCUT2D eigenvalue weighted by Gasteiger charge is 2.38. The van der Waals surface area contributed by atoms with Crippen LogP contribution < -0.4 is 0 Å². The largest absolute Gasteiger partial charge is 0.204 e. The molecular weight excluding hydrogens is 302 g/mol. The van der Waals surface area contributed by atoms with Gasteiger partial charge >= 0.3 is 0 Å². The smallest absolute Gasteiger partial charge is 0.159 e. The van der Waals surface area contributed by atoms with Crippen LogP contribution in [0, 0.1) is 23.5 Å². The van der Waals surface area contributed by atoms with Crippen LogP contribution in [-0.4, -0.2) is 0 Å². The van der Waals surface area contributed by atoms with Crippen molar-refractivity contribution in [2.45, 2.75) is 76.0 Å². The Kier molecular flexibility index (Phi) is 5.73. The van der Waals surface area contributed by atoms with Crippen LogP contribution >= 0.6 is 0 Å². The van der Waals surface area contributed by atoms with Gasteiger partial charge in [0.15, 0.2) is 11.6 Å². The van der Waals surface area contributed by atoms with Gasteiger partial charge in [0.25, 0.3) is 0 Å². The zero-order chi connectivity index (χ0) is 17.0. The molecular formula is C22H30F2. The van der Waals surface area contributed by atoms with Gasteiger partial charge in [0.2, 0.25) is 0 Å². The molecule has 0 saturated heterocycles. The van der Waals surface area contributed by atoms with E-state index < -0.39 is 11.6 Å². The summed E-state index contributed by atoms with van der Waals surface area (Å²) in [5.74, 6) is 0.293. The molecule has 3 rings (SSSR count). The van der Waals surface area contributed by atoms with Crippen LogP contribution in [0.4, 0.5) is 8.78 Å². The van der Waals surface area contributed by atoms with E-state index in [-0.39, 0.29) is 5.41 Å². The standard InChI is InChI=1S/C22H30F2/c1-2-3-13-22(19-9-10-20(23)21(24)16-19)14-11-18(12-15-22)17-7-5-4-6-8-17/h2,9-10,16-18H,1,3-8,11-15H2. The van der Waals surface area contributed by atoms with Gasteiger partial charge in [0, 0.05) is 0 Å². The number of allylic oxidation sites excluding steroid dienone is 1. The fraction of sp³-hybridized carbons (Fsp3) is 0.636. The first-order valence-corrected chi connectivity index (χ1v) is 9.71. The lowest BCUT2D eigenvalue weighted by molar-refractivity contribution is 0.143. The monoisotopic (exact) mass is 332 g/mol. The molecule has 0 bridgehead atoms. The summed E-state index contributed by atoms with van der Waals surface area (Å²) >= 11 is 0. The number of hydrogen-bond donors (Lipinski definition) is 0. The Morgan fingerprint density at radius 1 is 0.958 bits per heavy atom. The molecule has 0 nitrogen and oxygen atoms in total. The van der Waals surface area contributed by atoms with Crippen molar-refractivity contribution in [1.82, 2.24) is 0 Å². The van der Waals surface area contributed by atoms with Crippen LogP contribution in [-0.2, 0) is 5.41 Å². The third-order valence-electron chi connectivity index (χ3n) is 6.66. The summed E-state index contributed by atoms with van der Waals surface area (Å²) in [6, 6.07) is 4.55. The number of benzene rings is 1. The molecule has 2 aliphatic carbocycles. The van der Waals surface area contributed by atoms with E-state index in [2.05, 4.69) is 6.58 Å². The minimum Gasteiger partial charge on any atom is -0.204 e. The number of hydrogen-bond acceptors (Lipinski definition) is 0. The Hall–Kier alpha value is -1.18. The molecule has 132 valence electrons. The fourth-order valence-electron chi connectivity index (χ4n) is 5.16. The maximum Gasteiger partial charge on any atom is 0.159 e. The predicted molar refractivity (Wildman–Crippen MR) is 96.0 cm³/mol. The van der Waals surface area contributed by atoms with E-state index in [1.807, 2.05) is 12.1 Å². The molecule has 1 aromatic carbocycles. The Labute approximate surface area is 145 Å². The van der Waals surface area contributed by atoms with Gasteiger partial charge in [-0.05, 0) is 73.5 Å². The average molecular weight is 332 g/mol. The van der Waals surface area contributed by atoms with Crippen molar-refractivity contribution in [1.29, 1.82) is 0 Å². The van der Waals surface area contributed by atoms with Gasteiger partial charge in [-0.3, -0.25) is 0 Å². The Morgan fingerprint density at radius 3 is 2.25 bits per heavy atom. The molecule has 1 aromatic rings. The SMILES string of the molecule is C=CCCC1(c2ccc(F)c(F)c2)CCC(C2CCCCC2)CC1. The molecule has 24 heavy (non-hydrogen) atoms. The van der Waals surface area contributed by atoms with Crippen LogP contribution in [0.3, 0.4) is 0 Å². The van der Waals surface area contributed by atoms with E-state index in [4.69, 9.17) is 0 Å². The quantitative estimate of drug-likeness (QED) is 0.512. The molecule has 0 aliphatic heterocycles. The molecule has 0 spiro atoms. The van der Waals surface area contributed by atoms with Gasteiger partial charge in [-0.2, -0.15) is 0 Å². The van der Waals surface area contributed by atoms with Crippen LogP contribution in [0.15, 0.2) is 30.9 Å². The normalized spacial score (nSPS) is 28.7. The summed E-state index contributed by atoms with van der Waals surface area (Å²) in [5.41, 5.74) is 0.999. The maximum atomic E-state index is 13.8. The minimum atomic E-state index is -0.742. The van der Waals surface area contributed by atoms with Gasteiger partial charge in [-0.15, -0.1) is 6.58 Å². The molecule has 0 aromatic heterocycles. The molecule has 0 radical (unpaired) electrons. The van der Waals surface area contributed by atoms with E-state index in [0.717, 1.165) is 43.1 Å². The second-order valence-corrected chi connectivity index (χ2v) is 7.97. The number of rotatable bonds is 5. The highest BCUT2D eigenvalue weighted by Crippen LogP contribution is 2.48. The second kappa shape index (κ2) is 7.80. The van der Waals surface area contributed by atoms with Crippen LogP contribution in [0.25, 0.3) is 0 Å². The topological polar surface area (TPSA) is 0 Å². The van der Waals surface area contributed by atoms with E-state index in [1.54, 1.807) is 0 Å². The lowest BCUT2D eigenvalue weighted by Gasteiger charge is -2.44. The summed E-state index contributed by atoms with van der Waals surface area (Å²) in [5, 5.41) is 0. The van der Waals surface area contributed by atoms with Gasteiger partial charge < -0.3 is 0 Å². The van der Waals surface area contributed by atoms with Gasteiger partial charge in [0.1, 0.15) is 0 Å². The lowest BCUT2D eigenvalue weighted by Crippen LogP contribution is -2.34. The molecule has 0 unspecified atom stereocenters. The lowest BCUT2D eigenvalue weighted by atomic mass is 9.61. The molecule has 2 fully saturated rings. The van der Waals surface area contributed by atoms with Gasteiger partial charge in [-0.1, -0.05) is 44.2 Å². The molecule has 2 saturated carbocycles. The molecule has 2 heteroatoms. The van der Waals surface area contributed by atoms with E-state index in [0.29, 0.717) is 0 Å². The predicted octanol–water partition coefficient (Wildman–Crippen LogP) is 6.94. The highest BCUT2D eigenvalue weighted by molar-refractivity contribution is 5.28. The van der Waals surface area contributed by atoms with Crippen molar-refractivity contribution in [2.24, 2.45) is 11.8 Å². The van der Waals surface area contributed by atoms with E-state index >= 15 is 0 Å². The van der Waals surface area contributed by atoms with Crippen molar-refractivity contribution < 1.29 is 8.78 Å². The van der Waals surface area contributed by atoms with E-state index in [1.165, 1.54) is 57.1 Å². The first-order chi connectivity index (χ1) is 11.6. The van der Waals surface area contributed by atoms with Crippen molar-refractivity contribution in [3.05, 3.63) is 48.1 Å². The molecule has 2 aliphatic rings. The Morgan fingerprint density at radius 2 is 1.62 bits per heavy atom. The van der Waals surface area contributed by atoms with Crippen molar-refractivity contribution in [2.75, 3.05) is 0 Å². The average Bonchev–Trinajstić information content (AvgIpc) is 2.63. The van der Waals surface area contributed by atoms with Crippen LogP contribution in [0.2, 0.25) is 0 Å². The molecule has 0 N–H and O–H groups in total. The Balaban J connectivity index is 1.75. The van der Waals surface area contributed by atoms with Crippen molar-refractivity contribution in [3.8, 4) is 0 Å².